The average Bonchev–Trinajstić information content (AvgIpc) is 2.95. The summed E-state index contributed by atoms with van der Waals surface area (Å²) in [6, 6.07) is 8.59. The highest BCUT2D eigenvalue weighted by Gasteiger charge is 2.31. The lowest BCUT2D eigenvalue weighted by atomic mass is 10.0. The molecule has 0 saturated carbocycles. The lowest BCUT2D eigenvalue weighted by Gasteiger charge is -2.08. The van der Waals surface area contributed by atoms with Crippen LogP contribution in [-0.4, -0.2) is 4.98 Å². The highest BCUT2D eigenvalue weighted by Crippen LogP contribution is 2.36. The number of alkyl halides is 6. The van der Waals surface area contributed by atoms with Gasteiger partial charge in [-0.25, -0.2) is 4.98 Å². The van der Waals surface area contributed by atoms with Crippen LogP contribution in [0.2, 0.25) is 0 Å². The largest absolute Gasteiger partial charge is 0.440 e. The third kappa shape index (κ3) is 3.58. The van der Waals surface area contributed by atoms with Gasteiger partial charge in [0.05, 0.1) is 11.1 Å². The summed E-state index contributed by atoms with van der Waals surface area (Å²) in [4.78, 5) is 4.15. The predicted octanol–water partition coefficient (Wildman–Crippen LogP) is 6.35. The van der Waals surface area contributed by atoms with Crippen LogP contribution in [-0.2, 0) is 12.4 Å². The molecule has 26 heavy (non-hydrogen) atoms. The second-order valence-corrected chi connectivity index (χ2v) is 5.56. The molecule has 0 radical (unpaired) electrons. The minimum absolute atomic E-state index is 0.191. The van der Waals surface area contributed by atoms with Gasteiger partial charge in [0, 0.05) is 18.1 Å². The molecule has 0 aliphatic carbocycles. The summed E-state index contributed by atoms with van der Waals surface area (Å²) in [5.74, 6) is 0.436. The van der Waals surface area contributed by atoms with Gasteiger partial charge < -0.3 is 4.42 Å². The van der Waals surface area contributed by atoms with Gasteiger partial charge in [-0.05, 0) is 24.3 Å². The summed E-state index contributed by atoms with van der Waals surface area (Å²) in [6.07, 6.45) is -8.93. The lowest BCUT2D eigenvalue weighted by Crippen LogP contribution is -2.04. The summed E-state index contributed by atoms with van der Waals surface area (Å²) in [5, 5.41) is 0. The van der Waals surface area contributed by atoms with Crippen LogP contribution >= 0.6 is 0 Å². The third-order valence-corrected chi connectivity index (χ3v) is 3.69. The molecule has 0 unspecified atom stereocenters. The van der Waals surface area contributed by atoms with E-state index in [1.54, 1.807) is 6.92 Å². The van der Waals surface area contributed by atoms with Crippen molar-refractivity contribution in [3.8, 4) is 22.6 Å². The Morgan fingerprint density at radius 3 is 1.54 bits per heavy atom. The molecule has 0 saturated heterocycles. The van der Waals surface area contributed by atoms with Crippen molar-refractivity contribution in [2.24, 2.45) is 0 Å². The highest BCUT2D eigenvalue weighted by atomic mass is 19.4. The molecule has 0 fully saturated rings. The molecule has 2 nitrogen and oxygen atoms in total. The second kappa shape index (κ2) is 6.19. The molecule has 136 valence electrons. The van der Waals surface area contributed by atoms with Gasteiger partial charge in [0.1, 0.15) is 5.69 Å². The molecule has 3 rings (SSSR count). The van der Waals surface area contributed by atoms with Gasteiger partial charge in [0.15, 0.2) is 11.7 Å². The molecule has 0 spiro atoms. The van der Waals surface area contributed by atoms with E-state index in [2.05, 4.69) is 4.98 Å². The first-order valence-corrected chi connectivity index (χ1v) is 7.38. The fourth-order valence-corrected chi connectivity index (χ4v) is 2.45. The van der Waals surface area contributed by atoms with Crippen LogP contribution in [0.5, 0.6) is 0 Å². The lowest BCUT2D eigenvalue weighted by molar-refractivity contribution is -0.138. The number of hydrogen-bond acceptors (Lipinski definition) is 2. The van der Waals surface area contributed by atoms with Crippen LogP contribution in [0.15, 0.2) is 52.9 Å². The van der Waals surface area contributed by atoms with Gasteiger partial charge in [-0.15, -0.1) is 0 Å². The molecule has 2 aromatic carbocycles. The molecule has 1 aromatic heterocycles. The highest BCUT2D eigenvalue weighted by molar-refractivity contribution is 5.77. The molecular weight excluding hydrogens is 360 g/mol. The first-order chi connectivity index (χ1) is 12.1. The monoisotopic (exact) mass is 371 g/mol. The number of benzene rings is 2. The van der Waals surface area contributed by atoms with E-state index in [1.807, 2.05) is 0 Å². The van der Waals surface area contributed by atoms with E-state index < -0.39 is 23.5 Å². The Morgan fingerprint density at radius 1 is 0.692 bits per heavy atom. The molecule has 0 aliphatic rings. The van der Waals surface area contributed by atoms with Crippen LogP contribution in [0.1, 0.15) is 17.0 Å². The van der Waals surface area contributed by atoms with Crippen molar-refractivity contribution < 1.29 is 30.8 Å². The van der Waals surface area contributed by atoms with Crippen molar-refractivity contribution >= 4 is 0 Å². The number of nitrogens with zero attached hydrogens (tertiary/aromatic N) is 1. The molecule has 1 heterocycles. The minimum Gasteiger partial charge on any atom is -0.440 e. The molecule has 8 heteroatoms. The van der Waals surface area contributed by atoms with Gasteiger partial charge in [0.25, 0.3) is 0 Å². The van der Waals surface area contributed by atoms with Gasteiger partial charge in [-0.1, -0.05) is 24.3 Å². The van der Waals surface area contributed by atoms with Crippen molar-refractivity contribution in [1.82, 2.24) is 4.98 Å². The van der Waals surface area contributed by atoms with Crippen molar-refractivity contribution in [3.05, 3.63) is 65.5 Å². The molecule has 0 bridgehead atoms. The standard InChI is InChI=1S/C18H11F6NO/c1-10-25-15(11-2-6-13(7-3-11)17(19,20)21)16(26-10)12-4-8-14(9-5-12)18(22,23)24/h2-9H,1H3. The van der Waals surface area contributed by atoms with Crippen molar-refractivity contribution in [2.45, 2.75) is 19.3 Å². The Morgan fingerprint density at radius 2 is 1.12 bits per heavy atom. The molecule has 3 aromatic rings. The normalized spacial score (nSPS) is 12.4. The number of halogens is 6. The third-order valence-electron chi connectivity index (χ3n) is 3.69. The zero-order chi connectivity index (χ0) is 19.1. The Kier molecular flexibility index (Phi) is 4.29. The molecule has 0 atom stereocenters. The summed E-state index contributed by atoms with van der Waals surface area (Å²) in [7, 11) is 0. The predicted molar refractivity (Wildman–Crippen MR) is 82.1 cm³/mol. The van der Waals surface area contributed by atoms with E-state index in [0.717, 1.165) is 24.3 Å². The maximum absolute atomic E-state index is 12.7. The maximum atomic E-state index is 12.7. The van der Waals surface area contributed by atoms with E-state index >= 15 is 0 Å². The summed E-state index contributed by atoms with van der Waals surface area (Å²) < 4.78 is 81.5. The second-order valence-electron chi connectivity index (χ2n) is 5.56. The van der Waals surface area contributed by atoms with Crippen LogP contribution < -0.4 is 0 Å². The molecule has 0 amide bonds. The van der Waals surface area contributed by atoms with E-state index in [9.17, 15) is 26.3 Å². The van der Waals surface area contributed by atoms with Gasteiger partial charge in [-0.3, -0.25) is 0 Å². The Hall–Kier alpha value is -2.77. The first kappa shape index (κ1) is 18.0. The number of hydrogen-bond donors (Lipinski definition) is 0. The van der Waals surface area contributed by atoms with Gasteiger partial charge in [-0.2, -0.15) is 26.3 Å². The smallest absolute Gasteiger partial charge is 0.416 e. The number of aryl methyl sites for hydroxylation is 1. The number of aromatic nitrogens is 1. The summed E-state index contributed by atoms with van der Waals surface area (Å²) >= 11 is 0. The van der Waals surface area contributed by atoms with Crippen molar-refractivity contribution in [2.75, 3.05) is 0 Å². The van der Waals surface area contributed by atoms with E-state index in [0.29, 0.717) is 11.1 Å². The van der Waals surface area contributed by atoms with Crippen LogP contribution in [0, 0.1) is 6.92 Å². The van der Waals surface area contributed by atoms with Crippen molar-refractivity contribution in [3.63, 3.8) is 0 Å². The maximum Gasteiger partial charge on any atom is 0.416 e. The van der Waals surface area contributed by atoms with Gasteiger partial charge in [0.2, 0.25) is 0 Å². The van der Waals surface area contributed by atoms with E-state index in [1.165, 1.54) is 24.3 Å². The van der Waals surface area contributed by atoms with Gasteiger partial charge >= 0.3 is 12.4 Å². The summed E-state index contributed by atoms with van der Waals surface area (Å²) in [5.41, 5.74) is -0.652. The Labute approximate surface area is 144 Å². The van der Waals surface area contributed by atoms with Crippen LogP contribution in [0.25, 0.3) is 22.6 Å². The molecular formula is C18H11F6NO. The SMILES string of the molecule is Cc1nc(-c2ccc(C(F)(F)F)cc2)c(-c2ccc(C(F)(F)F)cc2)o1. The van der Waals surface area contributed by atoms with Crippen molar-refractivity contribution in [1.29, 1.82) is 0 Å². The summed E-state index contributed by atoms with van der Waals surface area (Å²) in [6.45, 7) is 1.54. The molecule has 0 N–H and O–H groups in total. The topological polar surface area (TPSA) is 26.0 Å². The van der Waals surface area contributed by atoms with Crippen LogP contribution in [0.4, 0.5) is 26.3 Å². The number of rotatable bonds is 2. The van der Waals surface area contributed by atoms with E-state index in [-0.39, 0.29) is 17.3 Å². The Bertz CT molecular complexity index is 830. The minimum atomic E-state index is -4.47. The zero-order valence-electron chi connectivity index (χ0n) is 13.2. The Balaban J connectivity index is 2.01. The fraction of sp³-hybridized carbons (Fsp3) is 0.167. The first-order valence-electron chi connectivity index (χ1n) is 7.38. The quantitative estimate of drug-likeness (QED) is 0.490. The fourth-order valence-electron chi connectivity index (χ4n) is 2.45. The number of oxazole rings is 1. The van der Waals surface area contributed by atoms with E-state index in [4.69, 9.17) is 4.42 Å². The van der Waals surface area contributed by atoms with Crippen LogP contribution in [0.3, 0.4) is 0 Å². The average molecular weight is 371 g/mol. The molecule has 0 aliphatic heterocycles. The zero-order valence-corrected chi connectivity index (χ0v) is 13.2.